The van der Waals surface area contributed by atoms with E-state index in [0.717, 1.165) is 11.3 Å². The summed E-state index contributed by atoms with van der Waals surface area (Å²) in [5, 5.41) is 3.24. The van der Waals surface area contributed by atoms with Crippen molar-refractivity contribution in [1.82, 2.24) is 14.7 Å². The highest BCUT2D eigenvalue weighted by atomic mass is 15.0. The van der Waals surface area contributed by atoms with Crippen LogP contribution in [0.3, 0.4) is 0 Å². The van der Waals surface area contributed by atoms with Crippen LogP contribution in [0.5, 0.6) is 0 Å². The number of imidazole rings is 1. The Kier molecular flexibility index (Phi) is 2.04. The van der Waals surface area contributed by atoms with Crippen LogP contribution in [0.2, 0.25) is 0 Å². The van der Waals surface area contributed by atoms with E-state index in [9.17, 15) is 0 Å². The third-order valence-corrected chi connectivity index (χ3v) is 2.63. The van der Waals surface area contributed by atoms with Gasteiger partial charge in [0, 0.05) is 12.4 Å². The Balaban J connectivity index is 2.55. The minimum Gasteiger partial charge on any atom is -0.310 e. The van der Waals surface area contributed by atoms with Crippen LogP contribution in [0.25, 0.3) is 5.65 Å². The van der Waals surface area contributed by atoms with Gasteiger partial charge in [0.05, 0.1) is 11.2 Å². The normalized spacial score (nSPS) is 12.2. The van der Waals surface area contributed by atoms with Gasteiger partial charge in [0.25, 0.3) is 0 Å². The molecule has 2 rings (SSSR count). The fraction of sp³-hybridized carbons (Fsp3) is 0.364. The molecule has 0 spiro atoms. The maximum atomic E-state index is 4.56. The molecule has 0 unspecified atom stereocenters. The first kappa shape index (κ1) is 9.21. The zero-order valence-corrected chi connectivity index (χ0v) is 8.78. The van der Waals surface area contributed by atoms with Crippen molar-refractivity contribution >= 4 is 5.65 Å². The molecule has 14 heavy (non-hydrogen) atoms. The van der Waals surface area contributed by atoms with Crippen LogP contribution in [0.4, 0.5) is 0 Å². The number of hydrogen-bond acceptors (Lipinski definition) is 2. The van der Waals surface area contributed by atoms with Gasteiger partial charge in [0.15, 0.2) is 0 Å². The Morgan fingerprint density at radius 3 is 2.79 bits per heavy atom. The SMILES string of the molecule is CNC(C)(C)c1cn2ccccc2n1. The van der Waals surface area contributed by atoms with Gasteiger partial charge in [-0.25, -0.2) is 4.98 Å². The Hall–Kier alpha value is -1.35. The van der Waals surface area contributed by atoms with Gasteiger partial charge in [-0.1, -0.05) is 6.07 Å². The Morgan fingerprint density at radius 2 is 2.14 bits per heavy atom. The highest BCUT2D eigenvalue weighted by Crippen LogP contribution is 2.18. The van der Waals surface area contributed by atoms with Crippen LogP contribution in [-0.4, -0.2) is 16.4 Å². The van der Waals surface area contributed by atoms with E-state index in [1.165, 1.54) is 0 Å². The van der Waals surface area contributed by atoms with Crippen molar-refractivity contribution in [3.05, 3.63) is 36.3 Å². The van der Waals surface area contributed by atoms with E-state index in [4.69, 9.17) is 0 Å². The monoisotopic (exact) mass is 189 g/mol. The predicted octanol–water partition coefficient (Wildman–Crippen LogP) is 1.79. The van der Waals surface area contributed by atoms with Gasteiger partial charge in [-0.2, -0.15) is 0 Å². The van der Waals surface area contributed by atoms with Crippen LogP contribution in [0, 0.1) is 0 Å². The second-order valence-electron chi connectivity index (χ2n) is 3.97. The van der Waals surface area contributed by atoms with Crippen molar-refractivity contribution in [3.63, 3.8) is 0 Å². The molecule has 0 aromatic carbocycles. The van der Waals surface area contributed by atoms with Crippen molar-refractivity contribution in [3.8, 4) is 0 Å². The summed E-state index contributed by atoms with van der Waals surface area (Å²) in [5.74, 6) is 0. The lowest BCUT2D eigenvalue weighted by atomic mass is 10.0. The van der Waals surface area contributed by atoms with Crippen LogP contribution < -0.4 is 5.32 Å². The van der Waals surface area contributed by atoms with Crippen molar-refractivity contribution < 1.29 is 0 Å². The zero-order chi connectivity index (χ0) is 10.2. The van der Waals surface area contributed by atoms with E-state index in [1.807, 2.05) is 35.8 Å². The molecule has 0 aliphatic carbocycles. The first-order valence-electron chi connectivity index (χ1n) is 4.76. The average molecular weight is 189 g/mol. The van der Waals surface area contributed by atoms with Gasteiger partial charge in [0.2, 0.25) is 0 Å². The van der Waals surface area contributed by atoms with Gasteiger partial charge in [-0.3, -0.25) is 0 Å². The lowest BCUT2D eigenvalue weighted by Gasteiger charge is -2.20. The Labute approximate surface area is 83.8 Å². The predicted molar refractivity (Wildman–Crippen MR) is 57.3 cm³/mol. The lowest BCUT2D eigenvalue weighted by Crippen LogP contribution is -2.33. The summed E-state index contributed by atoms with van der Waals surface area (Å²) in [7, 11) is 1.95. The van der Waals surface area contributed by atoms with Crippen molar-refractivity contribution in [2.75, 3.05) is 7.05 Å². The van der Waals surface area contributed by atoms with Crippen LogP contribution in [0.15, 0.2) is 30.6 Å². The maximum Gasteiger partial charge on any atom is 0.137 e. The topological polar surface area (TPSA) is 29.3 Å². The molecule has 2 aromatic heterocycles. The average Bonchev–Trinajstić information content (AvgIpc) is 2.61. The van der Waals surface area contributed by atoms with Crippen LogP contribution in [-0.2, 0) is 5.54 Å². The summed E-state index contributed by atoms with van der Waals surface area (Å²) < 4.78 is 2.04. The molecule has 0 atom stereocenters. The summed E-state index contributed by atoms with van der Waals surface area (Å²) in [6.07, 6.45) is 4.07. The van der Waals surface area contributed by atoms with Crippen LogP contribution >= 0.6 is 0 Å². The van der Waals surface area contributed by atoms with E-state index < -0.39 is 0 Å². The molecule has 3 heteroatoms. The lowest BCUT2D eigenvalue weighted by molar-refractivity contribution is 0.433. The quantitative estimate of drug-likeness (QED) is 0.780. The minimum absolute atomic E-state index is 0.0774. The number of aromatic nitrogens is 2. The molecule has 74 valence electrons. The van der Waals surface area contributed by atoms with E-state index >= 15 is 0 Å². The highest BCUT2D eigenvalue weighted by molar-refractivity contribution is 5.40. The second-order valence-corrected chi connectivity index (χ2v) is 3.97. The summed E-state index contributed by atoms with van der Waals surface area (Å²) in [6, 6.07) is 6.01. The van der Waals surface area contributed by atoms with Crippen molar-refractivity contribution in [2.45, 2.75) is 19.4 Å². The molecular formula is C11H15N3. The standard InChI is InChI=1S/C11H15N3/c1-11(2,12-3)9-8-14-7-5-4-6-10(14)13-9/h4-8,12H,1-3H3. The van der Waals surface area contributed by atoms with E-state index in [0.29, 0.717) is 0 Å². The number of nitrogens with one attached hydrogen (secondary N) is 1. The fourth-order valence-electron chi connectivity index (χ4n) is 1.36. The molecule has 0 fully saturated rings. The molecule has 0 amide bonds. The maximum absolute atomic E-state index is 4.56. The zero-order valence-electron chi connectivity index (χ0n) is 8.78. The molecule has 2 heterocycles. The number of fused-ring (bicyclic) bond motifs is 1. The van der Waals surface area contributed by atoms with Crippen molar-refractivity contribution in [1.29, 1.82) is 0 Å². The largest absolute Gasteiger partial charge is 0.310 e. The molecule has 2 aromatic rings. The van der Waals surface area contributed by atoms with E-state index in [-0.39, 0.29) is 5.54 Å². The van der Waals surface area contributed by atoms with Gasteiger partial charge in [-0.15, -0.1) is 0 Å². The molecule has 0 saturated heterocycles. The number of nitrogens with zero attached hydrogens (tertiary/aromatic N) is 2. The molecule has 0 aliphatic heterocycles. The third kappa shape index (κ3) is 1.40. The Bertz CT molecular complexity index is 409. The third-order valence-electron chi connectivity index (χ3n) is 2.63. The Morgan fingerprint density at radius 1 is 1.36 bits per heavy atom. The molecule has 0 saturated carbocycles. The van der Waals surface area contributed by atoms with E-state index in [2.05, 4.69) is 30.3 Å². The molecule has 0 bridgehead atoms. The summed E-state index contributed by atoms with van der Waals surface area (Å²) in [5.41, 5.74) is 1.98. The number of rotatable bonds is 2. The smallest absolute Gasteiger partial charge is 0.137 e. The highest BCUT2D eigenvalue weighted by Gasteiger charge is 2.20. The van der Waals surface area contributed by atoms with Crippen LogP contribution in [0.1, 0.15) is 19.5 Å². The fourth-order valence-corrected chi connectivity index (χ4v) is 1.36. The molecule has 1 N–H and O–H groups in total. The van der Waals surface area contributed by atoms with Gasteiger partial charge in [0.1, 0.15) is 5.65 Å². The molecular weight excluding hydrogens is 174 g/mol. The first-order chi connectivity index (χ1) is 6.63. The van der Waals surface area contributed by atoms with Gasteiger partial charge in [-0.05, 0) is 33.0 Å². The van der Waals surface area contributed by atoms with Gasteiger partial charge >= 0.3 is 0 Å². The summed E-state index contributed by atoms with van der Waals surface area (Å²) in [4.78, 5) is 4.56. The minimum atomic E-state index is -0.0774. The van der Waals surface area contributed by atoms with Crippen molar-refractivity contribution in [2.24, 2.45) is 0 Å². The van der Waals surface area contributed by atoms with Gasteiger partial charge < -0.3 is 9.72 Å². The first-order valence-corrected chi connectivity index (χ1v) is 4.76. The molecule has 3 nitrogen and oxygen atoms in total. The summed E-state index contributed by atoms with van der Waals surface area (Å²) >= 11 is 0. The number of pyridine rings is 1. The number of hydrogen-bond donors (Lipinski definition) is 1. The second kappa shape index (κ2) is 3.10. The molecule has 0 aliphatic rings. The van der Waals surface area contributed by atoms with E-state index in [1.54, 1.807) is 0 Å². The molecule has 0 radical (unpaired) electrons. The summed E-state index contributed by atoms with van der Waals surface area (Å²) in [6.45, 7) is 4.24.